The van der Waals surface area contributed by atoms with Gasteiger partial charge in [0.15, 0.2) is 0 Å². The van der Waals surface area contributed by atoms with Gasteiger partial charge in [0.25, 0.3) is 10.2 Å². The summed E-state index contributed by atoms with van der Waals surface area (Å²) >= 11 is 5.89. The minimum atomic E-state index is -3.31. The summed E-state index contributed by atoms with van der Waals surface area (Å²) in [5, 5.41) is 0. The lowest BCUT2D eigenvalue weighted by atomic mass is 10.1. The monoisotopic (exact) mass is 294 g/mol. The Balaban J connectivity index is 1.97. The van der Waals surface area contributed by atoms with E-state index in [0.717, 1.165) is 44.9 Å². The number of rotatable bonds is 4. The first-order valence-corrected chi connectivity index (χ1v) is 8.94. The Morgan fingerprint density at radius 2 is 1.72 bits per heavy atom. The molecule has 1 N–H and O–H groups in total. The van der Waals surface area contributed by atoms with Crippen LogP contribution in [0.5, 0.6) is 0 Å². The third-order valence-corrected chi connectivity index (χ3v) is 6.10. The van der Waals surface area contributed by atoms with E-state index in [1.807, 2.05) is 0 Å². The maximum Gasteiger partial charge on any atom is 0.279 e. The molecule has 1 aliphatic carbocycles. The zero-order valence-corrected chi connectivity index (χ0v) is 12.3. The SMILES string of the molecule is O=S(=O)(NC1CCCC1CCl)N1CCCCCC1. The minimum absolute atomic E-state index is 0.0377. The standard InChI is InChI=1S/C12H23ClN2O2S/c13-10-11-6-5-7-12(11)14-18(16,17)15-8-3-1-2-4-9-15/h11-12,14H,1-10H2. The fourth-order valence-corrected chi connectivity index (χ4v) is 4.87. The van der Waals surface area contributed by atoms with E-state index in [1.165, 1.54) is 0 Å². The quantitative estimate of drug-likeness (QED) is 0.807. The highest BCUT2D eigenvalue weighted by molar-refractivity contribution is 7.87. The van der Waals surface area contributed by atoms with Crippen LogP contribution in [0.2, 0.25) is 0 Å². The molecule has 0 spiro atoms. The third-order valence-electron chi connectivity index (χ3n) is 4.06. The number of hydrogen-bond acceptors (Lipinski definition) is 2. The molecule has 2 atom stereocenters. The van der Waals surface area contributed by atoms with Gasteiger partial charge in [-0.15, -0.1) is 11.6 Å². The van der Waals surface area contributed by atoms with E-state index in [1.54, 1.807) is 4.31 Å². The van der Waals surface area contributed by atoms with Gasteiger partial charge in [0.2, 0.25) is 0 Å². The molecule has 0 amide bonds. The average molecular weight is 295 g/mol. The molecule has 1 aliphatic heterocycles. The smallest absolute Gasteiger partial charge is 0.199 e. The summed E-state index contributed by atoms with van der Waals surface area (Å²) in [7, 11) is -3.31. The second-order valence-electron chi connectivity index (χ2n) is 5.39. The van der Waals surface area contributed by atoms with Crippen molar-refractivity contribution in [2.75, 3.05) is 19.0 Å². The zero-order chi connectivity index (χ0) is 13.0. The van der Waals surface area contributed by atoms with Crippen molar-refractivity contribution < 1.29 is 8.42 Å². The maximum absolute atomic E-state index is 12.3. The van der Waals surface area contributed by atoms with Crippen LogP contribution in [0, 0.1) is 5.92 Å². The number of hydrogen-bond donors (Lipinski definition) is 1. The van der Waals surface area contributed by atoms with Gasteiger partial charge in [-0.05, 0) is 31.6 Å². The first-order valence-electron chi connectivity index (χ1n) is 6.97. The van der Waals surface area contributed by atoms with E-state index in [0.29, 0.717) is 24.9 Å². The summed E-state index contributed by atoms with van der Waals surface area (Å²) in [6.07, 6.45) is 7.26. The Labute approximate surface area is 115 Å². The molecule has 18 heavy (non-hydrogen) atoms. The molecule has 0 radical (unpaired) electrons. The molecule has 0 aromatic heterocycles. The topological polar surface area (TPSA) is 49.4 Å². The molecular formula is C12H23ClN2O2S. The van der Waals surface area contributed by atoms with Crippen molar-refractivity contribution >= 4 is 21.8 Å². The lowest BCUT2D eigenvalue weighted by molar-refractivity contribution is 0.395. The van der Waals surface area contributed by atoms with Gasteiger partial charge >= 0.3 is 0 Å². The molecule has 106 valence electrons. The summed E-state index contributed by atoms with van der Waals surface area (Å²) in [6.45, 7) is 1.32. The predicted octanol–water partition coefficient (Wildman–Crippen LogP) is 2.10. The van der Waals surface area contributed by atoms with Gasteiger partial charge in [0.05, 0.1) is 0 Å². The highest BCUT2D eigenvalue weighted by atomic mass is 35.5. The zero-order valence-electron chi connectivity index (χ0n) is 10.8. The molecule has 2 rings (SSSR count). The first kappa shape index (κ1) is 14.6. The van der Waals surface area contributed by atoms with Gasteiger partial charge in [-0.2, -0.15) is 17.4 Å². The molecule has 1 heterocycles. The fraction of sp³-hybridized carbons (Fsp3) is 1.00. The van der Waals surface area contributed by atoms with E-state index in [9.17, 15) is 8.42 Å². The van der Waals surface area contributed by atoms with Crippen LogP contribution in [-0.4, -0.2) is 37.7 Å². The van der Waals surface area contributed by atoms with Crippen molar-refractivity contribution in [3.63, 3.8) is 0 Å². The van der Waals surface area contributed by atoms with Gasteiger partial charge in [0.1, 0.15) is 0 Å². The predicted molar refractivity (Wildman–Crippen MR) is 73.9 cm³/mol. The Bertz CT molecular complexity index is 353. The van der Waals surface area contributed by atoms with E-state index < -0.39 is 10.2 Å². The summed E-state index contributed by atoms with van der Waals surface area (Å²) in [4.78, 5) is 0. The van der Waals surface area contributed by atoms with Crippen LogP contribution in [0.15, 0.2) is 0 Å². The van der Waals surface area contributed by atoms with Crippen molar-refractivity contribution in [3.8, 4) is 0 Å². The minimum Gasteiger partial charge on any atom is -0.199 e. The van der Waals surface area contributed by atoms with E-state index in [4.69, 9.17) is 11.6 Å². The molecule has 0 bridgehead atoms. The molecular weight excluding hydrogens is 272 g/mol. The van der Waals surface area contributed by atoms with Crippen LogP contribution < -0.4 is 4.72 Å². The number of alkyl halides is 1. The van der Waals surface area contributed by atoms with Crippen molar-refractivity contribution in [1.29, 1.82) is 0 Å². The van der Waals surface area contributed by atoms with E-state index in [2.05, 4.69) is 4.72 Å². The lowest BCUT2D eigenvalue weighted by Crippen LogP contribution is -2.47. The highest BCUT2D eigenvalue weighted by Gasteiger charge is 2.32. The molecule has 4 nitrogen and oxygen atoms in total. The average Bonchev–Trinajstić information content (AvgIpc) is 2.62. The van der Waals surface area contributed by atoms with Crippen LogP contribution in [0.25, 0.3) is 0 Å². The van der Waals surface area contributed by atoms with Gasteiger partial charge in [-0.3, -0.25) is 0 Å². The Morgan fingerprint density at radius 1 is 1.06 bits per heavy atom. The lowest BCUT2D eigenvalue weighted by Gasteiger charge is -2.25. The van der Waals surface area contributed by atoms with Crippen LogP contribution in [0.4, 0.5) is 0 Å². The molecule has 0 aromatic carbocycles. The molecule has 1 saturated carbocycles. The molecule has 1 saturated heterocycles. The van der Waals surface area contributed by atoms with E-state index >= 15 is 0 Å². The summed E-state index contributed by atoms with van der Waals surface area (Å²) in [5.74, 6) is 0.848. The number of halogens is 1. The van der Waals surface area contributed by atoms with Crippen molar-refractivity contribution in [2.45, 2.75) is 51.0 Å². The molecule has 6 heteroatoms. The largest absolute Gasteiger partial charge is 0.279 e. The van der Waals surface area contributed by atoms with E-state index in [-0.39, 0.29) is 6.04 Å². The second kappa shape index (κ2) is 6.55. The van der Waals surface area contributed by atoms with Gasteiger partial charge in [0, 0.05) is 25.0 Å². The van der Waals surface area contributed by atoms with Crippen LogP contribution in [0.1, 0.15) is 44.9 Å². The molecule has 2 fully saturated rings. The van der Waals surface area contributed by atoms with Crippen molar-refractivity contribution in [1.82, 2.24) is 9.03 Å². The highest BCUT2D eigenvalue weighted by Crippen LogP contribution is 2.27. The third kappa shape index (κ3) is 3.59. The summed E-state index contributed by atoms with van der Waals surface area (Å²) in [5.41, 5.74) is 0. The van der Waals surface area contributed by atoms with Crippen molar-refractivity contribution in [3.05, 3.63) is 0 Å². The van der Waals surface area contributed by atoms with Crippen molar-refractivity contribution in [2.24, 2.45) is 5.92 Å². The van der Waals surface area contributed by atoms with Gasteiger partial charge < -0.3 is 0 Å². The summed E-state index contributed by atoms with van der Waals surface area (Å²) < 4.78 is 29.1. The van der Waals surface area contributed by atoms with Gasteiger partial charge in [-0.25, -0.2) is 0 Å². The number of nitrogens with one attached hydrogen (secondary N) is 1. The Hall–Kier alpha value is 0.160. The van der Waals surface area contributed by atoms with Crippen LogP contribution in [-0.2, 0) is 10.2 Å². The molecule has 0 aromatic rings. The first-order chi connectivity index (χ1) is 8.63. The van der Waals surface area contributed by atoms with Crippen LogP contribution in [0.3, 0.4) is 0 Å². The molecule has 2 aliphatic rings. The van der Waals surface area contributed by atoms with Crippen LogP contribution >= 0.6 is 11.6 Å². The van der Waals surface area contributed by atoms with Gasteiger partial charge in [-0.1, -0.05) is 19.3 Å². The normalized spacial score (nSPS) is 31.4. The maximum atomic E-state index is 12.3. The number of nitrogens with zero attached hydrogens (tertiary/aromatic N) is 1. The second-order valence-corrected chi connectivity index (χ2v) is 7.40. The fourth-order valence-electron chi connectivity index (χ4n) is 2.92. The molecule has 2 unspecified atom stereocenters. The summed E-state index contributed by atoms with van der Waals surface area (Å²) in [6, 6.07) is 0.0377. The Kier molecular flexibility index (Phi) is 5.30. The Morgan fingerprint density at radius 3 is 2.33 bits per heavy atom.